The predicted molar refractivity (Wildman–Crippen MR) is 56.5 cm³/mol. The van der Waals surface area contributed by atoms with Crippen molar-refractivity contribution in [3.63, 3.8) is 0 Å². The summed E-state index contributed by atoms with van der Waals surface area (Å²) in [5.41, 5.74) is -0.334. The van der Waals surface area contributed by atoms with Gasteiger partial charge < -0.3 is 14.7 Å². The lowest BCUT2D eigenvalue weighted by Gasteiger charge is -2.38. The summed E-state index contributed by atoms with van der Waals surface area (Å²) in [6.07, 6.45) is 4.10. The van der Waals surface area contributed by atoms with Gasteiger partial charge in [-0.1, -0.05) is 13.8 Å². The SMILES string of the molecule is CC(C)C1CCC(C)(OB(O)O)CC1. The molecular weight excluding hydrogens is 179 g/mol. The van der Waals surface area contributed by atoms with E-state index in [2.05, 4.69) is 13.8 Å². The normalized spacial score (nSPS) is 33.4. The van der Waals surface area contributed by atoms with E-state index in [0.717, 1.165) is 37.5 Å². The van der Waals surface area contributed by atoms with Crippen molar-refractivity contribution in [2.75, 3.05) is 0 Å². The van der Waals surface area contributed by atoms with E-state index in [1.807, 2.05) is 6.92 Å². The van der Waals surface area contributed by atoms with Crippen LogP contribution in [0.2, 0.25) is 0 Å². The lowest BCUT2D eigenvalue weighted by molar-refractivity contribution is -0.0116. The molecule has 82 valence electrons. The van der Waals surface area contributed by atoms with Gasteiger partial charge in [0.05, 0.1) is 5.60 Å². The van der Waals surface area contributed by atoms with Gasteiger partial charge in [-0.3, -0.25) is 0 Å². The van der Waals surface area contributed by atoms with Crippen LogP contribution in [-0.2, 0) is 4.65 Å². The fourth-order valence-electron chi connectivity index (χ4n) is 2.29. The van der Waals surface area contributed by atoms with Gasteiger partial charge in [0, 0.05) is 0 Å². The van der Waals surface area contributed by atoms with Crippen molar-refractivity contribution in [1.82, 2.24) is 0 Å². The highest BCUT2D eigenvalue weighted by Crippen LogP contribution is 2.37. The molecule has 0 spiro atoms. The molecule has 0 amide bonds. The minimum atomic E-state index is -1.63. The Kier molecular flexibility index (Phi) is 3.99. The van der Waals surface area contributed by atoms with E-state index in [1.165, 1.54) is 0 Å². The van der Waals surface area contributed by atoms with Crippen LogP contribution in [0, 0.1) is 11.8 Å². The van der Waals surface area contributed by atoms with Crippen molar-refractivity contribution >= 4 is 7.32 Å². The van der Waals surface area contributed by atoms with Gasteiger partial charge in [0.2, 0.25) is 0 Å². The van der Waals surface area contributed by atoms with Gasteiger partial charge in [-0.15, -0.1) is 0 Å². The molecule has 1 saturated carbocycles. The molecule has 14 heavy (non-hydrogen) atoms. The van der Waals surface area contributed by atoms with Crippen LogP contribution < -0.4 is 0 Å². The van der Waals surface area contributed by atoms with E-state index in [1.54, 1.807) is 0 Å². The van der Waals surface area contributed by atoms with E-state index >= 15 is 0 Å². The molecule has 0 aromatic rings. The zero-order chi connectivity index (χ0) is 10.8. The van der Waals surface area contributed by atoms with Crippen LogP contribution in [0.4, 0.5) is 0 Å². The molecule has 0 heterocycles. The smallest absolute Gasteiger partial charge is 0.402 e. The average molecular weight is 200 g/mol. The summed E-state index contributed by atoms with van der Waals surface area (Å²) in [4.78, 5) is 0. The standard InChI is InChI=1S/C10H21BO3/c1-8(2)9-4-6-10(3,7-5-9)14-11(12)13/h8-9,12-13H,4-7H2,1-3H3. The number of rotatable bonds is 3. The van der Waals surface area contributed by atoms with E-state index in [-0.39, 0.29) is 5.60 Å². The van der Waals surface area contributed by atoms with Crippen molar-refractivity contribution in [2.45, 2.75) is 52.1 Å². The van der Waals surface area contributed by atoms with Crippen molar-refractivity contribution in [2.24, 2.45) is 11.8 Å². The molecule has 3 nitrogen and oxygen atoms in total. The summed E-state index contributed by atoms with van der Waals surface area (Å²) in [7, 11) is -1.63. The van der Waals surface area contributed by atoms with Crippen LogP contribution in [0.5, 0.6) is 0 Å². The molecule has 2 N–H and O–H groups in total. The lowest BCUT2D eigenvalue weighted by atomic mass is 9.75. The monoisotopic (exact) mass is 200 g/mol. The first-order chi connectivity index (χ1) is 6.43. The number of hydrogen-bond acceptors (Lipinski definition) is 3. The quantitative estimate of drug-likeness (QED) is 0.680. The first-order valence-electron chi connectivity index (χ1n) is 5.47. The molecule has 1 aliphatic rings. The second-order valence-corrected chi connectivity index (χ2v) is 4.98. The molecule has 0 aromatic heterocycles. The van der Waals surface area contributed by atoms with Crippen LogP contribution in [0.25, 0.3) is 0 Å². The molecule has 0 aromatic carbocycles. The van der Waals surface area contributed by atoms with Crippen molar-refractivity contribution in [3.05, 3.63) is 0 Å². The van der Waals surface area contributed by atoms with Crippen LogP contribution in [0.15, 0.2) is 0 Å². The molecule has 0 radical (unpaired) electrons. The van der Waals surface area contributed by atoms with E-state index in [0.29, 0.717) is 0 Å². The fraction of sp³-hybridized carbons (Fsp3) is 1.00. The highest BCUT2D eigenvalue weighted by molar-refractivity contribution is 6.32. The maximum atomic E-state index is 8.78. The van der Waals surface area contributed by atoms with Gasteiger partial charge in [0.15, 0.2) is 0 Å². The largest absolute Gasteiger partial charge is 0.634 e. The molecule has 0 atom stereocenters. The second kappa shape index (κ2) is 4.64. The van der Waals surface area contributed by atoms with E-state index < -0.39 is 7.32 Å². The molecule has 0 aliphatic heterocycles. The molecule has 1 rings (SSSR count). The average Bonchev–Trinajstić information content (AvgIpc) is 2.02. The Morgan fingerprint density at radius 1 is 1.29 bits per heavy atom. The Balaban J connectivity index is 2.41. The molecule has 0 unspecified atom stereocenters. The van der Waals surface area contributed by atoms with Gasteiger partial charge in [-0.2, -0.15) is 0 Å². The van der Waals surface area contributed by atoms with Crippen molar-refractivity contribution < 1.29 is 14.7 Å². The first kappa shape index (κ1) is 12.0. The lowest BCUT2D eigenvalue weighted by Crippen LogP contribution is -2.40. The highest BCUT2D eigenvalue weighted by Gasteiger charge is 2.35. The summed E-state index contributed by atoms with van der Waals surface area (Å²) < 4.78 is 5.12. The Morgan fingerprint density at radius 2 is 1.79 bits per heavy atom. The number of hydrogen-bond donors (Lipinski definition) is 2. The third kappa shape index (κ3) is 3.26. The fourth-order valence-corrected chi connectivity index (χ4v) is 2.29. The molecular formula is C10H21BO3. The van der Waals surface area contributed by atoms with Gasteiger partial charge in [0.25, 0.3) is 0 Å². The van der Waals surface area contributed by atoms with Gasteiger partial charge in [0.1, 0.15) is 0 Å². The Hall–Kier alpha value is -0.0551. The van der Waals surface area contributed by atoms with Gasteiger partial charge >= 0.3 is 7.32 Å². The summed E-state index contributed by atoms with van der Waals surface area (Å²) >= 11 is 0. The first-order valence-corrected chi connectivity index (χ1v) is 5.47. The van der Waals surface area contributed by atoms with Crippen LogP contribution in [0.3, 0.4) is 0 Å². The third-order valence-corrected chi connectivity index (χ3v) is 3.42. The second-order valence-electron chi connectivity index (χ2n) is 4.98. The summed E-state index contributed by atoms with van der Waals surface area (Å²) in [5.74, 6) is 1.49. The van der Waals surface area contributed by atoms with Crippen molar-refractivity contribution in [1.29, 1.82) is 0 Å². The zero-order valence-electron chi connectivity index (χ0n) is 9.36. The van der Waals surface area contributed by atoms with Crippen molar-refractivity contribution in [3.8, 4) is 0 Å². The van der Waals surface area contributed by atoms with E-state index in [9.17, 15) is 0 Å². The minimum Gasteiger partial charge on any atom is -0.402 e. The summed E-state index contributed by atoms with van der Waals surface area (Å²) in [6.45, 7) is 6.45. The Bertz CT molecular complexity index is 174. The van der Waals surface area contributed by atoms with Crippen LogP contribution in [0.1, 0.15) is 46.5 Å². The van der Waals surface area contributed by atoms with Crippen LogP contribution >= 0.6 is 0 Å². The van der Waals surface area contributed by atoms with E-state index in [4.69, 9.17) is 14.7 Å². The summed E-state index contributed by atoms with van der Waals surface area (Å²) in [6, 6.07) is 0. The van der Waals surface area contributed by atoms with Gasteiger partial charge in [-0.05, 0) is 44.4 Å². The molecule has 0 saturated heterocycles. The molecule has 1 fully saturated rings. The third-order valence-electron chi connectivity index (χ3n) is 3.42. The predicted octanol–water partition coefficient (Wildman–Crippen LogP) is 1.58. The van der Waals surface area contributed by atoms with Gasteiger partial charge in [-0.25, -0.2) is 0 Å². The van der Waals surface area contributed by atoms with Crippen LogP contribution in [-0.4, -0.2) is 23.0 Å². The Labute approximate surface area is 86.6 Å². The minimum absolute atomic E-state index is 0.334. The molecule has 0 bridgehead atoms. The maximum Gasteiger partial charge on any atom is 0.634 e. The zero-order valence-corrected chi connectivity index (χ0v) is 9.36. The molecule has 4 heteroatoms. The summed E-state index contributed by atoms with van der Waals surface area (Å²) in [5, 5.41) is 17.6. The highest BCUT2D eigenvalue weighted by atomic mass is 16.6. The topological polar surface area (TPSA) is 49.7 Å². The Morgan fingerprint density at radius 3 is 2.14 bits per heavy atom. The maximum absolute atomic E-state index is 8.78. The molecule has 1 aliphatic carbocycles.